The average molecular weight is 586 g/mol. The minimum Gasteiger partial charge on any atom is -0.496 e. The monoisotopic (exact) mass is 585 g/mol. The Morgan fingerprint density at radius 2 is 1.43 bits per heavy atom. The van der Waals surface area contributed by atoms with Crippen molar-refractivity contribution in [2.24, 2.45) is 0 Å². The van der Waals surface area contributed by atoms with Crippen LogP contribution in [0.3, 0.4) is 0 Å². The molecule has 40 heavy (non-hydrogen) atoms. The highest BCUT2D eigenvalue weighted by molar-refractivity contribution is 6.76. The second-order valence-corrected chi connectivity index (χ2v) is 24.0. The fourth-order valence-corrected chi connectivity index (χ4v) is 5.17. The lowest BCUT2D eigenvalue weighted by Gasteiger charge is -2.17. The zero-order valence-electron chi connectivity index (χ0n) is 26.2. The topological polar surface area (TPSA) is 72.2 Å². The number of rotatable bonds is 17. The molecule has 222 valence electrons. The normalized spacial score (nSPS) is 12.0. The maximum absolute atomic E-state index is 6.29. The van der Waals surface area contributed by atoms with E-state index in [1.54, 1.807) is 7.11 Å². The van der Waals surface area contributed by atoms with Gasteiger partial charge in [-0.3, -0.25) is 0 Å². The van der Waals surface area contributed by atoms with E-state index in [1.807, 2.05) is 36.4 Å². The van der Waals surface area contributed by atoms with Crippen molar-refractivity contribution in [1.29, 1.82) is 0 Å². The average Bonchev–Trinajstić information content (AvgIpc) is 2.85. The molecule has 0 saturated carbocycles. The number of nitrogen functional groups attached to an aromatic ring is 1. The molecule has 0 unspecified atom stereocenters. The van der Waals surface area contributed by atoms with E-state index in [0.29, 0.717) is 30.4 Å². The molecule has 0 bridgehead atoms. The van der Waals surface area contributed by atoms with Crippen molar-refractivity contribution in [3.8, 4) is 17.2 Å². The summed E-state index contributed by atoms with van der Waals surface area (Å²) >= 11 is 0. The first-order valence-electron chi connectivity index (χ1n) is 14.1. The number of hydrogen-bond donors (Lipinski definition) is 1. The summed E-state index contributed by atoms with van der Waals surface area (Å²) < 4.78 is 28.9. The van der Waals surface area contributed by atoms with Crippen LogP contribution in [0.5, 0.6) is 17.2 Å². The van der Waals surface area contributed by atoms with Gasteiger partial charge in [0.2, 0.25) is 0 Å². The summed E-state index contributed by atoms with van der Waals surface area (Å²) in [6.45, 7) is 20.0. The predicted octanol–water partition coefficient (Wildman–Crippen LogP) is 8.34. The van der Waals surface area contributed by atoms with Crippen molar-refractivity contribution in [3.05, 3.63) is 58.7 Å². The smallest absolute Gasteiger partial charge is 0.189 e. The van der Waals surface area contributed by atoms with Gasteiger partial charge in [-0.1, -0.05) is 69.1 Å². The SMILES string of the molecule is COc1cc(OCOCC[Si](C)(C)C)cc(/C=C/c2ccc(OCOCC[Si](C)(C)C)c(N)c2)c1CC=C(C)C. The van der Waals surface area contributed by atoms with Crippen molar-refractivity contribution >= 4 is 34.0 Å². The Bertz CT molecular complexity index is 1130. The molecule has 0 aliphatic carbocycles. The van der Waals surface area contributed by atoms with Crippen LogP contribution in [0.2, 0.25) is 51.4 Å². The lowest BCUT2D eigenvalue weighted by atomic mass is 10.00. The summed E-state index contributed by atoms with van der Waals surface area (Å²) in [5, 5.41) is 0. The maximum Gasteiger partial charge on any atom is 0.189 e. The molecule has 8 heteroatoms. The Labute approximate surface area is 244 Å². The number of ether oxygens (including phenoxy) is 5. The van der Waals surface area contributed by atoms with Gasteiger partial charge in [0.15, 0.2) is 13.6 Å². The molecule has 0 amide bonds. The Balaban J connectivity index is 2.16. The lowest BCUT2D eigenvalue weighted by molar-refractivity contribution is 0.0218. The van der Waals surface area contributed by atoms with Crippen LogP contribution >= 0.6 is 0 Å². The summed E-state index contributed by atoms with van der Waals surface area (Å²) in [6.07, 6.45) is 7.07. The number of benzene rings is 2. The van der Waals surface area contributed by atoms with Gasteiger partial charge in [-0.25, -0.2) is 0 Å². The molecule has 0 aromatic heterocycles. The molecule has 0 saturated heterocycles. The highest BCUT2D eigenvalue weighted by atomic mass is 28.3. The summed E-state index contributed by atoms with van der Waals surface area (Å²) in [5.41, 5.74) is 11.2. The van der Waals surface area contributed by atoms with Gasteiger partial charge >= 0.3 is 0 Å². The van der Waals surface area contributed by atoms with Crippen LogP contribution in [0.1, 0.15) is 30.5 Å². The molecule has 0 atom stereocenters. The van der Waals surface area contributed by atoms with Gasteiger partial charge in [-0.2, -0.15) is 0 Å². The Hall–Kier alpha value is -2.53. The molecule has 2 aromatic rings. The molecular formula is C32H51NO5Si2. The number of allylic oxidation sites excluding steroid dienone is 2. The van der Waals surface area contributed by atoms with Gasteiger partial charge in [0.25, 0.3) is 0 Å². The molecule has 0 aliphatic heterocycles. The zero-order chi connectivity index (χ0) is 29.8. The summed E-state index contributed by atoms with van der Waals surface area (Å²) in [5.74, 6) is 2.12. The van der Waals surface area contributed by atoms with E-state index in [4.69, 9.17) is 29.4 Å². The minimum absolute atomic E-state index is 0.200. The first kappa shape index (κ1) is 33.7. The van der Waals surface area contributed by atoms with Gasteiger partial charge in [0.1, 0.15) is 17.2 Å². The van der Waals surface area contributed by atoms with Crippen LogP contribution in [-0.4, -0.2) is 50.1 Å². The molecule has 0 spiro atoms. The van der Waals surface area contributed by atoms with Crippen molar-refractivity contribution in [1.82, 2.24) is 0 Å². The molecular weight excluding hydrogens is 535 g/mol. The summed E-state index contributed by atoms with van der Waals surface area (Å²) in [7, 11) is -0.569. The van der Waals surface area contributed by atoms with Crippen LogP contribution in [0.25, 0.3) is 12.2 Å². The minimum atomic E-state index is -1.14. The van der Waals surface area contributed by atoms with Crippen LogP contribution < -0.4 is 19.9 Å². The van der Waals surface area contributed by atoms with Crippen LogP contribution in [0.4, 0.5) is 5.69 Å². The third-order valence-electron chi connectivity index (χ3n) is 6.24. The second kappa shape index (κ2) is 16.1. The van der Waals surface area contributed by atoms with Gasteiger partial charge in [-0.05, 0) is 61.7 Å². The third kappa shape index (κ3) is 13.2. The number of methoxy groups -OCH3 is 1. The Morgan fingerprint density at radius 3 is 1.98 bits per heavy atom. The molecule has 2 rings (SSSR count). The number of nitrogens with two attached hydrogens (primary N) is 1. The maximum atomic E-state index is 6.29. The quantitative estimate of drug-likeness (QED) is 0.0502. The number of hydrogen-bond acceptors (Lipinski definition) is 6. The standard InChI is InChI=1S/C32H51NO5Si2/c1-25(2)10-14-29-27(21-28(22-32(29)34-3)37-23-35-16-18-39(4,5)6)13-11-26-12-15-31(30(33)20-26)38-24-36-17-19-40(7,8)9/h10-13,15,20-22H,14,16-19,23-24,33H2,1-9H3/b13-11+. The molecule has 6 nitrogen and oxygen atoms in total. The lowest BCUT2D eigenvalue weighted by Crippen LogP contribution is -2.22. The summed E-state index contributed by atoms with van der Waals surface area (Å²) in [6, 6.07) is 12.0. The molecule has 0 heterocycles. The van der Waals surface area contributed by atoms with E-state index < -0.39 is 16.1 Å². The predicted molar refractivity (Wildman–Crippen MR) is 175 cm³/mol. The molecule has 2 aromatic carbocycles. The Morgan fingerprint density at radius 1 is 0.800 bits per heavy atom. The first-order valence-corrected chi connectivity index (χ1v) is 21.5. The second-order valence-electron chi connectivity index (χ2n) is 12.8. The molecule has 0 aliphatic rings. The van der Waals surface area contributed by atoms with Crippen molar-refractivity contribution in [2.75, 3.05) is 39.6 Å². The fraction of sp³-hybridized carbons (Fsp3) is 0.500. The first-order chi connectivity index (χ1) is 18.8. The van der Waals surface area contributed by atoms with E-state index in [0.717, 1.165) is 40.9 Å². The highest BCUT2D eigenvalue weighted by Crippen LogP contribution is 2.32. The van der Waals surface area contributed by atoms with Gasteiger partial charge < -0.3 is 29.4 Å². The van der Waals surface area contributed by atoms with E-state index in [1.165, 1.54) is 5.57 Å². The van der Waals surface area contributed by atoms with E-state index in [9.17, 15) is 0 Å². The zero-order valence-corrected chi connectivity index (χ0v) is 28.2. The molecule has 2 N–H and O–H groups in total. The summed E-state index contributed by atoms with van der Waals surface area (Å²) in [4.78, 5) is 0. The van der Waals surface area contributed by atoms with Gasteiger partial charge in [0, 0.05) is 41.0 Å². The van der Waals surface area contributed by atoms with Crippen molar-refractivity contribution in [2.45, 2.75) is 71.6 Å². The molecule has 0 fully saturated rings. The largest absolute Gasteiger partial charge is 0.496 e. The van der Waals surface area contributed by atoms with Crippen molar-refractivity contribution in [3.63, 3.8) is 0 Å². The Kier molecular flexibility index (Phi) is 13.5. The van der Waals surface area contributed by atoms with Crippen LogP contribution in [-0.2, 0) is 15.9 Å². The van der Waals surface area contributed by atoms with Crippen molar-refractivity contribution < 1.29 is 23.7 Å². The van der Waals surface area contributed by atoms with Gasteiger partial charge in [0.05, 0.1) is 12.8 Å². The van der Waals surface area contributed by atoms with E-state index >= 15 is 0 Å². The molecule has 0 radical (unpaired) electrons. The third-order valence-corrected chi connectivity index (χ3v) is 9.65. The highest BCUT2D eigenvalue weighted by Gasteiger charge is 2.14. The fourth-order valence-electron chi connectivity index (χ4n) is 3.66. The van der Waals surface area contributed by atoms with Crippen LogP contribution in [0, 0.1) is 0 Å². The van der Waals surface area contributed by atoms with E-state index in [2.05, 4.69) is 65.3 Å². The van der Waals surface area contributed by atoms with Gasteiger partial charge in [-0.15, -0.1) is 0 Å². The van der Waals surface area contributed by atoms with E-state index in [-0.39, 0.29) is 13.6 Å². The van der Waals surface area contributed by atoms with Crippen LogP contribution in [0.15, 0.2) is 42.0 Å². The number of anilines is 1.